The first kappa shape index (κ1) is 13.1. The number of nitrogens with zero attached hydrogens (tertiary/aromatic N) is 5. The number of nitrogens with two attached hydrogens (primary N) is 1. The van der Waals surface area contributed by atoms with Crippen molar-refractivity contribution < 1.29 is 14.1 Å². The van der Waals surface area contributed by atoms with Crippen LogP contribution >= 0.6 is 0 Å². The molecule has 102 valence electrons. The molecule has 0 unspecified atom stereocenters. The van der Waals surface area contributed by atoms with Gasteiger partial charge in [-0.05, 0) is 13.5 Å². The van der Waals surface area contributed by atoms with Crippen molar-refractivity contribution in [3.05, 3.63) is 23.1 Å². The Bertz CT molecular complexity index is 576. The molecule has 0 amide bonds. The molecule has 0 aliphatic rings. The molecule has 0 aromatic carbocycles. The SMILES string of the molecule is COC(=O)c1nnn(Cc2nc(C)no2)c1CCN. The molecule has 9 heteroatoms. The second-order valence-electron chi connectivity index (χ2n) is 3.81. The normalized spacial score (nSPS) is 10.7. The minimum atomic E-state index is -0.545. The molecule has 0 aliphatic heterocycles. The zero-order valence-corrected chi connectivity index (χ0v) is 10.7. The fourth-order valence-electron chi connectivity index (χ4n) is 1.63. The number of esters is 1. The topological polar surface area (TPSA) is 122 Å². The quantitative estimate of drug-likeness (QED) is 0.705. The first-order valence-electron chi connectivity index (χ1n) is 5.65. The largest absolute Gasteiger partial charge is 0.464 e. The number of rotatable bonds is 5. The summed E-state index contributed by atoms with van der Waals surface area (Å²) >= 11 is 0. The number of carbonyl (C=O) groups excluding carboxylic acids is 1. The lowest BCUT2D eigenvalue weighted by atomic mass is 10.2. The first-order valence-corrected chi connectivity index (χ1v) is 5.65. The Morgan fingerprint density at radius 3 is 2.89 bits per heavy atom. The molecule has 2 heterocycles. The molecular weight excluding hydrogens is 252 g/mol. The third-order valence-electron chi connectivity index (χ3n) is 2.45. The van der Waals surface area contributed by atoms with E-state index in [2.05, 4.69) is 25.2 Å². The van der Waals surface area contributed by atoms with E-state index >= 15 is 0 Å². The molecule has 2 N–H and O–H groups in total. The Morgan fingerprint density at radius 2 is 2.32 bits per heavy atom. The van der Waals surface area contributed by atoms with Gasteiger partial charge in [-0.1, -0.05) is 10.4 Å². The van der Waals surface area contributed by atoms with Crippen LogP contribution in [0.15, 0.2) is 4.52 Å². The van der Waals surface area contributed by atoms with Crippen molar-refractivity contribution in [2.45, 2.75) is 19.9 Å². The van der Waals surface area contributed by atoms with Crippen molar-refractivity contribution >= 4 is 5.97 Å². The summed E-state index contributed by atoms with van der Waals surface area (Å²) < 4.78 is 11.2. The van der Waals surface area contributed by atoms with Gasteiger partial charge in [-0.2, -0.15) is 4.98 Å². The highest BCUT2D eigenvalue weighted by atomic mass is 16.5. The van der Waals surface area contributed by atoms with Gasteiger partial charge in [0.15, 0.2) is 11.5 Å². The van der Waals surface area contributed by atoms with Crippen molar-refractivity contribution in [1.82, 2.24) is 25.1 Å². The number of ether oxygens (including phenoxy) is 1. The first-order chi connectivity index (χ1) is 9.15. The molecular formula is C10H14N6O3. The number of hydrogen-bond acceptors (Lipinski definition) is 8. The van der Waals surface area contributed by atoms with Crippen LogP contribution in [-0.2, 0) is 17.7 Å². The molecule has 0 spiro atoms. The van der Waals surface area contributed by atoms with Gasteiger partial charge in [-0.25, -0.2) is 9.48 Å². The van der Waals surface area contributed by atoms with E-state index in [-0.39, 0.29) is 12.2 Å². The maximum absolute atomic E-state index is 11.5. The van der Waals surface area contributed by atoms with Crippen LogP contribution in [0.2, 0.25) is 0 Å². The predicted molar refractivity (Wildman–Crippen MR) is 62.3 cm³/mol. The lowest BCUT2D eigenvalue weighted by Crippen LogP contribution is -2.15. The lowest BCUT2D eigenvalue weighted by Gasteiger charge is -2.03. The highest BCUT2D eigenvalue weighted by Crippen LogP contribution is 2.10. The molecule has 2 aromatic heterocycles. The summed E-state index contributed by atoms with van der Waals surface area (Å²) in [5.41, 5.74) is 6.27. The predicted octanol–water partition coefficient (Wildman–Crippen LogP) is -0.694. The molecule has 0 bridgehead atoms. The van der Waals surface area contributed by atoms with Crippen LogP contribution in [0.4, 0.5) is 0 Å². The van der Waals surface area contributed by atoms with Gasteiger partial charge in [0.1, 0.15) is 6.54 Å². The summed E-state index contributed by atoms with van der Waals surface area (Å²) in [5, 5.41) is 11.4. The van der Waals surface area contributed by atoms with Gasteiger partial charge in [0.05, 0.1) is 12.8 Å². The van der Waals surface area contributed by atoms with E-state index in [1.807, 2.05) is 0 Å². The maximum Gasteiger partial charge on any atom is 0.360 e. The minimum Gasteiger partial charge on any atom is -0.464 e. The summed E-state index contributed by atoms with van der Waals surface area (Å²) in [6, 6.07) is 0. The van der Waals surface area contributed by atoms with Crippen LogP contribution in [0.25, 0.3) is 0 Å². The lowest BCUT2D eigenvalue weighted by molar-refractivity contribution is 0.0592. The molecule has 0 saturated carbocycles. The van der Waals surface area contributed by atoms with Crippen LogP contribution in [0.3, 0.4) is 0 Å². The Morgan fingerprint density at radius 1 is 1.53 bits per heavy atom. The van der Waals surface area contributed by atoms with Gasteiger partial charge < -0.3 is 15.0 Å². The molecule has 19 heavy (non-hydrogen) atoms. The number of hydrogen-bond donors (Lipinski definition) is 1. The smallest absolute Gasteiger partial charge is 0.360 e. The third kappa shape index (κ3) is 2.76. The van der Waals surface area contributed by atoms with Gasteiger partial charge in [0.2, 0.25) is 5.89 Å². The van der Waals surface area contributed by atoms with Gasteiger partial charge in [0.25, 0.3) is 0 Å². The van der Waals surface area contributed by atoms with Crippen molar-refractivity contribution in [3.63, 3.8) is 0 Å². The zero-order valence-electron chi connectivity index (χ0n) is 10.7. The molecule has 0 aliphatic carbocycles. The van der Waals surface area contributed by atoms with Gasteiger partial charge in [0, 0.05) is 6.42 Å². The van der Waals surface area contributed by atoms with Crippen LogP contribution in [0, 0.1) is 6.92 Å². The summed E-state index contributed by atoms with van der Waals surface area (Å²) in [7, 11) is 1.29. The van der Waals surface area contributed by atoms with E-state index in [0.717, 1.165) is 0 Å². The standard InChI is InChI=1S/C10H14N6O3/c1-6-12-8(19-14-6)5-16-7(3-4-11)9(13-15-16)10(17)18-2/h3-5,11H2,1-2H3. The van der Waals surface area contributed by atoms with Gasteiger partial charge >= 0.3 is 5.97 Å². The van der Waals surface area contributed by atoms with E-state index in [1.165, 1.54) is 11.8 Å². The summed E-state index contributed by atoms with van der Waals surface area (Å²) in [4.78, 5) is 15.6. The summed E-state index contributed by atoms with van der Waals surface area (Å²) in [6.45, 7) is 2.31. The van der Waals surface area contributed by atoms with Crippen LogP contribution < -0.4 is 5.73 Å². The zero-order chi connectivity index (χ0) is 13.8. The van der Waals surface area contributed by atoms with Crippen LogP contribution in [-0.4, -0.2) is 44.8 Å². The molecule has 0 saturated heterocycles. The molecule has 2 aromatic rings. The summed E-state index contributed by atoms with van der Waals surface area (Å²) in [5.74, 6) is 0.372. The van der Waals surface area contributed by atoms with E-state index < -0.39 is 5.97 Å². The fourth-order valence-corrected chi connectivity index (χ4v) is 1.63. The minimum absolute atomic E-state index is 0.157. The van der Waals surface area contributed by atoms with Crippen molar-refractivity contribution in [3.8, 4) is 0 Å². The molecule has 0 fully saturated rings. The van der Waals surface area contributed by atoms with Crippen LogP contribution in [0.1, 0.15) is 27.9 Å². The van der Waals surface area contributed by atoms with E-state index in [1.54, 1.807) is 6.92 Å². The monoisotopic (exact) mass is 266 g/mol. The van der Waals surface area contributed by atoms with Crippen LogP contribution in [0.5, 0.6) is 0 Å². The highest BCUT2D eigenvalue weighted by molar-refractivity contribution is 5.88. The van der Waals surface area contributed by atoms with E-state index in [0.29, 0.717) is 30.4 Å². The molecule has 0 radical (unpaired) electrons. The average molecular weight is 266 g/mol. The average Bonchev–Trinajstić information content (AvgIpc) is 2.97. The third-order valence-corrected chi connectivity index (χ3v) is 2.45. The molecule has 0 atom stereocenters. The second-order valence-corrected chi connectivity index (χ2v) is 3.81. The maximum atomic E-state index is 11.5. The highest BCUT2D eigenvalue weighted by Gasteiger charge is 2.20. The van der Waals surface area contributed by atoms with Gasteiger partial charge in [-0.3, -0.25) is 0 Å². The fraction of sp³-hybridized carbons (Fsp3) is 0.500. The van der Waals surface area contributed by atoms with Crippen molar-refractivity contribution in [2.24, 2.45) is 5.73 Å². The van der Waals surface area contributed by atoms with E-state index in [9.17, 15) is 4.79 Å². The van der Waals surface area contributed by atoms with Crippen molar-refractivity contribution in [1.29, 1.82) is 0 Å². The second kappa shape index (κ2) is 5.57. The number of aromatic nitrogens is 5. The number of carbonyl (C=O) groups is 1. The molecule has 9 nitrogen and oxygen atoms in total. The van der Waals surface area contributed by atoms with E-state index in [4.69, 9.17) is 10.3 Å². The molecule has 2 rings (SSSR count). The summed E-state index contributed by atoms with van der Waals surface area (Å²) in [6.07, 6.45) is 0.449. The van der Waals surface area contributed by atoms with Gasteiger partial charge in [-0.15, -0.1) is 5.10 Å². The van der Waals surface area contributed by atoms with Crippen molar-refractivity contribution in [2.75, 3.05) is 13.7 Å². The Labute approximate surface area is 108 Å². The number of methoxy groups -OCH3 is 1. The Balaban J connectivity index is 2.29. The number of aryl methyl sites for hydroxylation is 1. The Kier molecular flexibility index (Phi) is 3.85. The Hall–Kier alpha value is -2.29.